The monoisotopic (exact) mass is 462 g/mol. The maximum Gasteiger partial charge on any atom is 0.235 e. The van der Waals surface area contributed by atoms with E-state index in [1.54, 1.807) is 23.1 Å². The van der Waals surface area contributed by atoms with Crippen LogP contribution in [0.5, 0.6) is 0 Å². The molecule has 1 fully saturated rings. The van der Waals surface area contributed by atoms with Gasteiger partial charge in [-0.3, -0.25) is 4.31 Å². The van der Waals surface area contributed by atoms with Crippen LogP contribution in [0.15, 0.2) is 35.5 Å². The SMILES string of the molecule is CSc1cnc(CCC(C)CCc2nc3ccc(N4CCCS4(=O)=O)cc3s2)nc1. The Hall–Kier alpha value is -1.71. The van der Waals surface area contributed by atoms with Gasteiger partial charge >= 0.3 is 0 Å². The number of fused-ring (bicyclic) bond motifs is 1. The Labute approximate surface area is 186 Å². The molecule has 2 aromatic heterocycles. The Kier molecular flexibility index (Phi) is 6.60. The second kappa shape index (κ2) is 9.20. The van der Waals surface area contributed by atoms with Crippen LogP contribution in [0.1, 0.15) is 37.0 Å². The normalized spacial score (nSPS) is 16.9. The Morgan fingerprint density at radius 3 is 2.67 bits per heavy atom. The van der Waals surface area contributed by atoms with E-state index < -0.39 is 10.0 Å². The smallest absolute Gasteiger partial charge is 0.235 e. The minimum atomic E-state index is -3.15. The Morgan fingerprint density at radius 1 is 1.20 bits per heavy atom. The second-order valence-corrected chi connectivity index (χ2v) is 11.7. The number of rotatable bonds is 8. The van der Waals surface area contributed by atoms with Crippen LogP contribution >= 0.6 is 23.1 Å². The number of benzene rings is 1. The van der Waals surface area contributed by atoms with E-state index in [9.17, 15) is 8.42 Å². The van der Waals surface area contributed by atoms with E-state index >= 15 is 0 Å². The highest BCUT2D eigenvalue weighted by Crippen LogP contribution is 2.31. The van der Waals surface area contributed by atoms with Crippen molar-refractivity contribution in [2.75, 3.05) is 22.9 Å². The lowest BCUT2D eigenvalue weighted by Crippen LogP contribution is -2.24. The Bertz CT molecular complexity index is 1110. The first-order valence-corrected chi connectivity index (χ1v) is 13.8. The predicted octanol–water partition coefficient (Wildman–Crippen LogP) is 4.55. The molecule has 9 heteroatoms. The molecule has 0 radical (unpaired) electrons. The maximum atomic E-state index is 12.2. The van der Waals surface area contributed by atoms with Crippen molar-refractivity contribution in [1.82, 2.24) is 15.0 Å². The minimum Gasteiger partial charge on any atom is -0.270 e. The molecular weight excluding hydrogens is 436 g/mol. The summed E-state index contributed by atoms with van der Waals surface area (Å²) in [6, 6.07) is 5.79. The van der Waals surface area contributed by atoms with E-state index in [2.05, 4.69) is 16.9 Å². The van der Waals surface area contributed by atoms with Crippen molar-refractivity contribution < 1.29 is 8.42 Å². The molecule has 0 amide bonds. The van der Waals surface area contributed by atoms with Gasteiger partial charge in [-0.25, -0.2) is 23.4 Å². The van der Waals surface area contributed by atoms with E-state index in [0.29, 0.717) is 18.9 Å². The van der Waals surface area contributed by atoms with E-state index in [-0.39, 0.29) is 5.75 Å². The van der Waals surface area contributed by atoms with Crippen molar-refractivity contribution in [3.63, 3.8) is 0 Å². The summed E-state index contributed by atoms with van der Waals surface area (Å²) >= 11 is 3.33. The van der Waals surface area contributed by atoms with E-state index in [0.717, 1.165) is 57.3 Å². The maximum absolute atomic E-state index is 12.2. The number of nitrogens with zero attached hydrogens (tertiary/aromatic N) is 4. The summed E-state index contributed by atoms with van der Waals surface area (Å²) in [5.41, 5.74) is 1.71. The van der Waals surface area contributed by atoms with Crippen LogP contribution in [0.2, 0.25) is 0 Å². The fourth-order valence-electron chi connectivity index (χ4n) is 3.62. The Balaban J connectivity index is 1.34. The van der Waals surface area contributed by atoms with Gasteiger partial charge in [0.15, 0.2) is 0 Å². The molecule has 6 nitrogen and oxygen atoms in total. The molecule has 0 N–H and O–H groups in total. The summed E-state index contributed by atoms with van der Waals surface area (Å²) in [7, 11) is -3.15. The molecule has 160 valence electrons. The fourth-order valence-corrected chi connectivity index (χ4v) is 6.51. The zero-order chi connectivity index (χ0) is 21.1. The van der Waals surface area contributed by atoms with Crippen LogP contribution in [-0.4, -0.2) is 41.9 Å². The third-order valence-corrected chi connectivity index (χ3v) is 9.06. The van der Waals surface area contributed by atoms with Crippen molar-refractivity contribution in [2.24, 2.45) is 5.92 Å². The van der Waals surface area contributed by atoms with Crippen LogP contribution in [-0.2, 0) is 22.9 Å². The third kappa shape index (κ3) is 4.95. The third-order valence-electron chi connectivity index (χ3n) is 5.43. The van der Waals surface area contributed by atoms with Crippen molar-refractivity contribution in [3.8, 4) is 0 Å². The quantitative estimate of drug-likeness (QED) is 0.457. The highest BCUT2D eigenvalue weighted by molar-refractivity contribution is 7.98. The molecule has 4 rings (SSSR count). The van der Waals surface area contributed by atoms with E-state index in [1.165, 1.54) is 4.31 Å². The minimum absolute atomic E-state index is 0.240. The van der Waals surface area contributed by atoms with Gasteiger partial charge in [0.1, 0.15) is 5.82 Å². The zero-order valence-electron chi connectivity index (χ0n) is 17.2. The van der Waals surface area contributed by atoms with Gasteiger partial charge in [-0.15, -0.1) is 23.1 Å². The van der Waals surface area contributed by atoms with Crippen LogP contribution < -0.4 is 4.31 Å². The molecule has 3 aromatic rings. The van der Waals surface area contributed by atoms with Gasteiger partial charge in [-0.05, 0) is 56.1 Å². The average molecular weight is 463 g/mol. The standard InChI is InChI=1S/C21H26N4O2S3/c1-15(4-8-20-22-13-17(28-2)14-23-20)5-9-21-24-18-7-6-16(12-19(18)29-21)25-10-3-11-30(25,26)27/h6-7,12-15H,3-5,8-11H2,1-2H3. The van der Waals surface area contributed by atoms with Gasteiger partial charge in [-0.1, -0.05) is 6.92 Å². The summed E-state index contributed by atoms with van der Waals surface area (Å²) in [6.07, 6.45) is 10.4. The van der Waals surface area contributed by atoms with Gasteiger partial charge in [0, 0.05) is 30.3 Å². The topological polar surface area (TPSA) is 76.1 Å². The number of hydrogen-bond acceptors (Lipinski definition) is 7. The number of thioether (sulfide) groups is 1. The highest BCUT2D eigenvalue weighted by atomic mass is 32.2. The van der Waals surface area contributed by atoms with Gasteiger partial charge in [0.2, 0.25) is 10.0 Å². The van der Waals surface area contributed by atoms with Crippen molar-refractivity contribution in [3.05, 3.63) is 41.4 Å². The largest absolute Gasteiger partial charge is 0.270 e. The summed E-state index contributed by atoms with van der Waals surface area (Å²) in [5, 5.41) is 1.11. The van der Waals surface area contributed by atoms with Crippen LogP contribution in [0.3, 0.4) is 0 Å². The lowest BCUT2D eigenvalue weighted by Gasteiger charge is -2.16. The number of thiazole rings is 1. The fraction of sp³-hybridized carbons (Fsp3) is 0.476. The molecule has 1 saturated heterocycles. The second-order valence-electron chi connectivity index (χ2n) is 7.72. The zero-order valence-corrected chi connectivity index (χ0v) is 19.7. The molecular formula is C21H26N4O2S3. The van der Waals surface area contributed by atoms with Gasteiger partial charge in [0.05, 0.1) is 26.7 Å². The van der Waals surface area contributed by atoms with Crippen molar-refractivity contribution >= 4 is 49.0 Å². The molecule has 0 spiro atoms. The summed E-state index contributed by atoms with van der Waals surface area (Å²) in [5.74, 6) is 1.71. The molecule has 1 atom stereocenters. The highest BCUT2D eigenvalue weighted by Gasteiger charge is 2.28. The van der Waals surface area contributed by atoms with Gasteiger partial charge in [-0.2, -0.15) is 0 Å². The summed E-state index contributed by atoms with van der Waals surface area (Å²) in [6.45, 7) is 2.83. The molecule has 0 aliphatic carbocycles. The molecule has 30 heavy (non-hydrogen) atoms. The Morgan fingerprint density at radius 2 is 1.97 bits per heavy atom. The number of anilines is 1. The molecule has 0 saturated carbocycles. The first-order valence-electron chi connectivity index (χ1n) is 10.2. The van der Waals surface area contributed by atoms with Gasteiger partial charge < -0.3 is 0 Å². The number of sulfonamides is 1. The van der Waals surface area contributed by atoms with Crippen molar-refractivity contribution in [1.29, 1.82) is 0 Å². The van der Waals surface area contributed by atoms with Crippen LogP contribution in [0.25, 0.3) is 10.2 Å². The first-order chi connectivity index (χ1) is 14.4. The lowest BCUT2D eigenvalue weighted by atomic mass is 10.00. The molecule has 1 aliphatic heterocycles. The van der Waals surface area contributed by atoms with Crippen LogP contribution in [0, 0.1) is 5.92 Å². The first kappa shape index (κ1) is 21.5. The van der Waals surface area contributed by atoms with E-state index in [4.69, 9.17) is 4.98 Å². The molecule has 0 bridgehead atoms. The predicted molar refractivity (Wildman–Crippen MR) is 125 cm³/mol. The summed E-state index contributed by atoms with van der Waals surface area (Å²) in [4.78, 5) is 14.7. The van der Waals surface area contributed by atoms with Gasteiger partial charge in [0.25, 0.3) is 0 Å². The molecule has 1 aromatic carbocycles. The number of aromatic nitrogens is 3. The average Bonchev–Trinajstić information content (AvgIpc) is 3.32. The molecule has 3 heterocycles. The van der Waals surface area contributed by atoms with Crippen LogP contribution in [0.4, 0.5) is 5.69 Å². The molecule has 1 unspecified atom stereocenters. The summed E-state index contributed by atoms with van der Waals surface area (Å²) < 4.78 is 26.9. The molecule has 1 aliphatic rings. The lowest BCUT2D eigenvalue weighted by molar-refractivity contribution is 0.486. The van der Waals surface area contributed by atoms with E-state index in [1.807, 2.05) is 36.8 Å². The number of aryl methyl sites for hydroxylation is 2. The number of hydrogen-bond donors (Lipinski definition) is 0. The van der Waals surface area contributed by atoms with Crippen molar-refractivity contribution in [2.45, 2.75) is 43.9 Å².